The summed E-state index contributed by atoms with van der Waals surface area (Å²) in [5.41, 5.74) is 1.10. The molecule has 0 bridgehead atoms. The van der Waals surface area contributed by atoms with E-state index in [1.165, 1.54) is 29.6 Å². The van der Waals surface area contributed by atoms with Gasteiger partial charge in [0.05, 0.1) is 11.4 Å². The van der Waals surface area contributed by atoms with Gasteiger partial charge in [0, 0.05) is 34.3 Å². The topological polar surface area (TPSA) is 71.1 Å². The van der Waals surface area contributed by atoms with Gasteiger partial charge in [-0.1, -0.05) is 23.7 Å². The molecule has 2 N–H and O–H groups in total. The summed E-state index contributed by atoms with van der Waals surface area (Å²) in [4.78, 5) is 30.1. The van der Waals surface area contributed by atoms with Crippen LogP contribution in [0.2, 0.25) is 5.02 Å². The molecule has 3 rings (SSSR count). The number of hydrogen-bond donors (Lipinski definition) is 2. The Balaban J connectivity index is 1.60. The summed E-state index contributed by atoms with van der Waals surface area (Å²) < 4.78 is 0. The van der Waals surface area contributed by atoms with Crippen LogP contribution in [-0.2, 0) is 17.8 Å². The molecule has 8 heteroatoms. The number of thiazole rings is 1. The molecule has 0 saturated heterocycles. The predicted octanol–water partition coefficient (Wildman–Crippen LogP) is 4.34. The minimum atomic E-state index is -0.201. The largest absolute Gasteiger partial charge is 0.351 e. The van der Waals surface area contributed by atoms with Crippen LogP contribution < -0.4 is 10.6 Å². The van der Waals surface area contributed by atoms with Gasteiger partial charge in [-0.2, -0.15) is 0 Å². The van der Waals surface area contributed by atoms with E-state index in [4.69, 9.17) is 11.6 Å². The zero-order valence-corrected chi connectivity index (χ0v) is 16.3. The molecule has 0 saturated carbocycles. The second kappa shape index (κ2) is 8.44. The van der Waals surface area contributed by atoms with Crippen molar-refractivity contribution in [1.82, 2.24) is 10.3 Å². The first-order valence-corrected chi connectivity index (χ1v) is 9.84. The molecule has 5 nitrogen and oxygen atoms in total. The van der Waals surface area contributed by atoms with Crippen LogP contribution in [0.15, 0.2) is 42.6 Å². The Labute approximate surface area is 164 Å². The lowest BCUT2D eigenvalue weighted by atomic mass is 10.1. The molecular weight excluding hydrogens is 390 g/mol. The predicted molar refractivity (Wildman–Crippen MR) is 106 cm³/mol. The number of rotatable bonds is 6. The summed E-state index contributed by atoms with van der Waals surface area (Å²) in [7, 11) is 0. The van der Waals surface area contributed by atoms with Crippen molar-refractivity contribution in [2.75, 3.05) is 5.32 Å². The number of amides is 2. The monoisotopic (exact) mass is 405 g/mol. The van der Waals surface area contributed by atoms with Gasteiger partial charge in [-0.3, -0.25) is 14.9 Å². The maximum atomic E-state index is 12.3. The first-order valence-electron chi connectivity index (χ1n) is 7.83. The molecule has 3 aromatic rings. The standard InChI is InChI=1S/C18H16ClN3O2S2/c1-11(23)20-9-14-5-6-16(25-14)17(24)22-18-21-10-15(26-18)8-12-3-2-4-13(19)7-12/h2-7,10H,8-9H2,1H3,(H,20,23)(H,21,22,24). The van der Waals surface area contributed by atoms with Gasteiger partial charge in [-0.15, -0.1) is 22.7 Å². The molecule has 0 atom stereocenters. The third-order valence-electron chi connectivity index (χ3n) is 3.44. The summed E-state index contributed by atoms with van der Waals surface area (Å²) in [6.45, 7) is 1.89. The molecule has 134 valence electrons. The summed E-state index contributed by atoms with van der Waals surface area (Å²) in [6.07, 6.45) is 2.48. The fourth-order valence-electron chi connectivity index (χ4n) is 2.26. The Morgan fingerprint density at radius 3 is 2.77 bits per heavy atom. The van der Waals surface area contributed by atoms with Crippen molar-refractivity contribution >= 4 is 51.2 Å². The van der Waals surface area contributed by atoms with Crippen LogP contribution in [0.1, 0.15) is 31.9 Å². The van der Waals surface area contributed by atoms with E-state index < -0.39 is 0 Å². The molecule has 0 radical (unpaired) electrons. The average molecular weight is 406 g/mol. The van der Waals surface area contributed by atoms with Crippen LogP contribution in [0, 0.1) is 0 Å². The zero-order chi connectivity index (χ0) is 18.5. The van der Waals surface area contributed by atoms with Gasteiger partial charge in [0.1, 0.15) is 0 Å². The smallest absolute Gasteiger partial charge is 0.267 e. The Hall–Kier alpha value is -2.22. The highest BCUT2D eigenvalue weighted by Gasteiger charge is 2.12. The number of hydrogen-bond acceptors (Lipinski definition) is 5. The first kappa shape index (κ1) is 18.6. The molecule has 2 heterocycles. The van der Waals surface area contributed by atoms with Crippen LogP contribution in [-0.4, -0.2) is 16.8 Å². The number of thiophene rings is 1. The molecule has 26 heavy (non-hydrogen) atoms. The number of anilines is 1. The molecule has 0 aliphatic heterocycles. The van der Waals surface area contributed by atoms with E-state index in [1.54, 1.807) is 12.3 Å². The number of nitrogens with one attached hydrogen (secondary N) is 2. The molecular formula is C18H16ClN3O2S2. The highest BCUT2D eigenvalue weighted by Crippen LogP contribution is 2.24. The van der Waals surface area contributed by atoms with Crippen molar-refractivity contribution in [3.05, 3.63) is 67.8 Å². The van der Waals surface area contributed by atoms with Gasteiger partial charge in [-0.05, 0) is 29.8 Å². The van der Waals surface area contributed by atoms with E-state index in [2.05, 4.69) is 15.6 Å². The first-order chi connectivity index (χ1) is 12.5. The van der Waals surface area contributed by atoms with E-state index in [0.29, 0.717) is 28.0 Å². The minimum absolute atomic E-state index is 0.0978. The lowest BCUT2D eigenvalue weighted by molar-refractivity contribution is -0.119. The maximum absolute atomic E-state index is 12.3. The van der Waals surface area contributed by atoms with Gasteiger partial charge in [0.2, 0.25) is 5.91 Å². The number of carbonyl (C=O) groups excluding carboxylic acids is 2. The molecule has 1 aromatic carbocycles. The fourth-order valence-corrected chi connectivity index (χ4v) is 4.16. The van der Waals surface area contributed by atoms with Crippen molar-refractivity contribution in [3.63, 3.8) is 0 Å². The quantitative estimate of drug-likeness (QED) is 0.640. The Kier molecular flexibility index (Phi) is 6.03. The summed E-state index contributed by atoms with van der Waals surface area (Å²) in [5.74, 6) is -0.299. The number of halogens is 1. The lowest BCUT2D eigenvalue weighted by Crippen LogP contribution is -2.18. The van der Waals surface area contributed by atoms with E-state index >= 15 is 0 Å². The summed E-state index contributed by atoms with van der Waals surface area (Å²) >= 11 is 8.79. The summed E-state index contributed by atoms with van der Waals surface area (Å²) in [6, 6.07) is 11.3. The normalized spacial score (nSPS) is 10.5. The Bertz CT molecular complexity index is 936. The molecule has 0 aliphatic rings. The number of benzene rings is 1. The van der Waals surface area contributed by atoms with Crippen molar-refractivity contribution in [2.24, 2.45) is 0 Å². The highest BCUT2D eigenvalue weighted by atomic mass is 35.5. The molecule has 0 aliphatic carbocycles. The van der Waals surface area contributed by atoms with E-state index in [1.807, 2.05) is 30.3 Å². The second-order valence-electron chi connectivity index (χ2n) is 5.57. The number of carbonyl (C=O) groups is 2. The van der Waals surface area contributed by atoms with Gasteiger partial charge in [0.25, 0.3) is 5.91 Å². The van der Waals surface area contributed by atoms with Gasteiger partial charge >= 0.3 is 0 Å². The lowest BCUT2D eigenvalue weighted by Gasteiger charge is -2.00. The third-order valence-corrected chi connectivity index (χ3v) is 5.67. The van der Waals surface area contributed by atoms with Crippen LogP contribution in [0.25, 0.3) is 0 Å². The average Bonchev–Trinajstić information content (AvgIpc) is 3.22. The number of nitrogens with zero attached hydrogens (tertiary/aromatic N) is 1. The minimum Gasteiger partial charge on any atom is -0.351 e. The van der Waals surface area contributed by atoms with E-state index in [-0.39, 0.29) is 11.8 Å². The fraction of sp³-hybridized carbons (Fsp3) is 0.167. The molecule has 2 aromatic heterocycles. The molecule has 2 amide bonds. The molecule has 0 spiro atoms. The van der Waals surface area contributed by atoms with Crippen LogP contribution in [0.5, 0.6) is 0 Å². The van der Waals surface area contributed by atoms with Crippen LogP contribution in [0.3, 0.4) is 0 Å². The van der Waals surface area contributed by atoms with Crippen LogP contribution >= 0.6 is 34.3 Å². The van der Waals surface area contributed by atoms with Gasteiger partial charge in [0.15, 0.2) is 5.13 Å². The van der Waals surface area contributed by atoms with Gasteiger partial charge < -0.3 is 5.32 Å². The van der Waals surface area contributed by atoms with Gasteiger partial charge in [-0.25, -0.2) is 4.98 Å². The summed E-state index contributed by atoms with van der Waals surface area (Å²) in [5, 5.41) is 6.79. The van der Waals surface area contributed by atoms with E-state index in [0.717, 1.165) is 15.3 Å². The SMILES string of the molecule is CC(=O)NCc1ccc(C(=O)Nc2ncc(Cc3cccc(Cl)c3)s2)s1. The highest BCUT2D eigenvalue weighted by molar-refractivity contribution is 7.16. The Morgan fingerprint density at radius 1 is 1.15 bits per heavy atom. The molecule has 0 unspecified atom stereocenters. The van der Waals surface area contributed by atoms with Crippen molar-refractivity contribution in [3.8, 4) is 0 Å². The van der Waals surface area contributed by atoms with Crippen molar-refractivity contribution in [2.45, 2.75) is 19.9 Å². The van der Waals surface area contributed by atoms with Crippen molar-refractivity contribution in [1.29, 1.82) is 0 Å². The van der Waals surface area contributed by atoms with Crippen molar-refractivity contribution < 1.29 is 9.59 Å². The van der Waals surface area contributed by atoms with Crippen LogP contribution in [0.4, 0.5) is 5.13 Å². The number of aromatic nitrogens is 1. The Morgan fingerprint density at radius 2 is 2.00 bits per heavy atom. The second-order valence-corrected chi connectivity index (χ2v) is 8.29. The van der Waals surface area contributed by atoms with E-state index in [9.17, 15) is 9.59 Å². The third kappa shape index (κ3) is 5.14. The zero-order valence-electron chi connectivity index (χ0n) is 13.9. The molecule has 0 fully saturated rings. The maximum Gasteiger partial charge on any atom is 0.267 e.